The van der Waals surface area contributed by atoms with Crippen LogP contribution >= 0.6 is 0 Å². The SMILES string of the molecule is CN1C=NC(C(F)(F)F)=CN1. The van der Waals surface area contributed by atoms with E-state index in [1.807, 2.05) is 0 Å². The second kappa shape index (κ2) is 2.44. The van der Waals surface area contributed by atoms with Gasteiger partial charge < -0.3 is 5.43 Å². The van der Waals surface area contributed by atoms with Gasteiger partial charge in [0.2, 0.25) is 0 Å². The minimum atomic E-state index is -4.37. The normalized spacial score (nSPS) is 17.8. The van der Waals surface area contributed by atoms with Gasteiger partial charge in [-0.1, -0.05) is 0 Å². The van der Waals surface area contributed by atoms with Crippen molar-refractivity contribution in [2.45, 2.75) is 6.18 Å². The molecule has 0 saturated carbocycles. The fraction of sp³-hybridized carbons (Fsp3) is 0.400. The summed E-state index contributed by atoms with van der Waals surface area (Å²) in [4.78, 5) is 3.16. The second-order valence-corrected chi connectivity index (χ2v) is 2.01. The van der Waals surface area contributed by atoms with Crippen LogP contribution < -0.4 is 5.43 Å². The molecule has 0 aliphatic carbocycles. The zero-order valence-corrected chi connectivity index (χ0v) is 5.68. The van der Waals surface area contributed by atoms with Crippen molar-refractivity contribution < 1.29 is 13.2 Å². The van der Waals surface area contributed by atoms with Crippen LogP contribution in [0.5, 0.6) is 0 Å². The average Bonchev–Trinajstić information content (AvgIpc) is 1.86. The molecule has 0 unspecified atom stereocenters. The molecule has 1 aliphatic rings. The van der Waals surface area contributed by atoms with Gasteiger partial charge in [-0.25, -0.2) is 4.99 Å². The van der Waals surface area contributed by atoms with Crippen LogP contribution in [0.1, 0.15) is 0 Å². The monoisotopic (exact) mass is 165 g/mol. The molecular weight excluding hydrogens is 159 g/mol. The summed E-state index contributed by atoms with van der Waals surface area (Å²) in [5.41, 5.74) is 1.42. The summed E-state index contributed by atoms with van der Waals surface area (Å²) >= 11 is 0. The molecule has 1 N–H and O–H groups in total. The Labute approximate surface area is 61.2 Å². The van der Waals surface area contributed by atoms with Gasteiger partial charge in [0.1, 0.15) is 6.34 Å². The number of rotatable bonds is 0. The van der Waals surface area contributed by atoms with Crippen molar-refractivity contribution in [2.24, 2.45) is 4.99 Å². The predicted molar refractivity (Wildman–Crippen MR) is 33.5 cm³/mol. The number of hydrogen-bond donors (Lipinski definition) is 1. The lowest BCUT2D eigenvalue weighted by Crippen LogP contribution is -2.33. The molecule has 1 rings (SSSR count). The fourth-order valence-electron chi connectivity index (χ4n) is 0.537. The number of allylic oxidation sites excluding steroid dienone is 1. The van der Waals surface area contributed by atoms with Crippen molar-refractivity contribution >= 4 is 6.34 Å². The Morgan fingerprint density at radius 2 is 2.18 bits per heavy atom. The number of aliphatic imine (C=N–C) groups is 1. The van der Waals surface area contributed by atoms with Crippen LogP contribution in [-0.4, -0.2) is 24.6 Å². The van der Waals surface area contributed by atoms with Crippen molar-refractivity contribution in [3.8, 4) is 0 Å². The predicted octanol–water partition coefficient (Wildman–Crippen LogP) is 0.868. The van der Waals surface area contributed by atoms with Crippen LogP contribution in [0.4, 0.5) is 13.2 Å². The number of hydrazine groups is 1. The fourth-order valence-corrected chi connectivity index (χ4v) is 0.537. The van der Waals surface area contributed by atoms with E-state index >= 15 is 0 Å². The molecule has 1 aliphatic heterocycles. The van der Waals surface area contributed by atoms with Crippen LogP contribution in [0, 0.1) is 0 Å². The van der Waals surface area contributed by atoms with Crippen molar-refractivity contribution in [3.63, 3.8) is 0 Å². The molecule has 0 fully saturated rings. The zero-order valence-electron chi connectivity index (χ0n) is 5.68. The first-order valence-corrected chi connectivity index (χ1v) is 2.81. The van der Waals surface area contributed by atoms with Gasteiger partial charge in [0.05, 0.1) is 0 Å². The van der Waals surface area contributed by atoms with E-state index in [4.69, 9.17) is 0 Å². The number of alkyl halides is 3. The summed E-state index contributed by atoms with van der Waals surface area (Å²) in [6.45, 7) is 0. The number of halogens is 3. The Balaban J connectivity index is 2.71. The van der Waals surface area contributed by atoms with Crippen LogP contribution in [0.25, 0.3) is 0 Å². The molecule has 0 bridgehead atoms. The molecule has 11 heavy (non-hydrogen) atoms. The molecule has 3 nitrogen and oxygen atoms in total. The average molecular weight is 165 g/mol. The highest BCUT2D eigenvalue weighted by Crippen LogP contribution is 2.26. The summed E-state index contributed by atoms with van der Waals surface area (Å²) in [7, 11) is 1.55. The van der Waals surface area contributed by atoms with E-state index in [2.05, 4.69) is 10.4 Å². The van der Waals surface area contributed by atoms with Gasteiger partial charge in [-0.15, -0.1) is 0 Å². The van der Waals surface area contributed by atoms with Gasteiger partial charge in [0.25, 0.3) is 0 Å². The Kier molecular flexibility index (Phi) is 1.76. The standard InChI is InChI=1S/C5H6F3N3/c1-11-3-9-4(2-10-11)5(6,7)8/h2-3,10H,1H3. The number of hydrogen-bond acceptors (Lipinski definition) is 3. The molecule has 1 heterocycles. The van der Waals surface area contributed by atoms with Crippen LogP contribution in [0.15, 0.2) is 16.9 Å². The molecule has 0 amide bonds. The first-order valence-electron chi connectivity index (χ1n) is 2.81. The van der Waals surface area contributed by atoms with E-state index < -0.39 is 11.9 Å². The summed E-state index contributed by atoms with van der Waals surface area (Å²) < 4.78 is 35.5. The Morgan fingerprint density at radius 3 is 2.55 bits per heavy atom. The summed E-state index contributed by atoms with van der Waals surface area (Å²) in [5, 5.41) is 1.31. The molecule has 0 spiro atoms. The largest absolute Gasteiger partial charge is 0.434 e. The molecule has 0 aromatic rings. The molecule has 0 atom stereocenters. The highest BCUT2D eigenvalue weighted by atomic mass is 19.4. The van der Waals surface area contributed by atoms with Crippen LogP contribution in [-0.2, 0) is 0 Å². The lowest BCUT2D eigenvalue weighted by molar-refractivity contribution is -0.0933. The van der Waals surface area contributed by atoms with Crippen molar-refractivity contribution in [3.05, 3.63) is 11.9 Å². The number of nitrogens with zero attached hydrogens (tertiary/aromatic N) is 2. The van der Waals surface area contributed by atoms with E-state index in [1.165, 1.54) is 5.01 Å². The van der Waals surface area contributed by atoms with Gasteiger partial charge >= 0.3 is 6.18 Å². The highest BCUT2D eigenvalue weighted by molar-refractivity contribution is 5.57. The van der Waals surface area contributed by atoms with E-state index in [-0.39, 0.29) is 0 Å². The molecule has 0 aromatic heterocycles. The van der Waals surface area contributed by atoms with Gasteiger partial charge in [-0.3, -0.25) is 5.01 Å². The van der Waals surface area contributed by atoms with Gasteiger partial charge in [-0.2, -0.15) is 13.2 Å². The minimum Gasteiger partial charge on any atom is -0.303 e. The van der Waals surface area contributed by atoms with E-state index in [9.17, 15) is 13.2 Å². The van der Waals surface area contributed by atoms with E-state index in [0.29, 0.717) is 0 Å². The summed E-state index contributed by atoms with van der Waals surface area (Å²) in [6, 6.07) is 0. The quantitative estimate of drug-likeness (QED) is 0.576. The Bertz CT molecular complexity index is 206. The summed E-state index contributed by atoms with van der Waals surface area (Å²) in [6.07, 6.45) is -2.51. The maximum atomic E-state index is 11.8. The topological polar surface area (TPSA) is 27.6 Å². The number of nitrogens with one attached hydrogen (secondary N) is 1. The Hall–Kier alpha value is -1.20. The molecule has 0 aromatic carbocycles. The smallest absolute Gasteiger partial charge is 0.303 e. The Morgan fingerprint density at radius 1 is 1.55 bits per heavy atom. The second-order valence-electron chi connectivity index (χ2n) is 2.01. The van der Waals surface area contributed by atoms with Gasteiger partial charge in [0, 0.05) is 13.2 Å². The lowest BCUT2D eigenvalue weighted by atomic mass is 10.4. The van der Waals surface area contributed by atoms with Gasteiger partial charge in [0.15, 0.2) is 5.70 Å². The van der Waals surface area contributed by atoms with E-state index in [1.54, 1.807) is 7.05 Å². The summed E-state index contributed by atoms with van der Waals surface area (Å²) in [5.74, 6) is 0. The molecule has 0 saturated heterocycles. The lowest BCUT2D eigenvalue weighted by Gasteiger charge is -2.18. The maximum Gasteiger partial charge on any atom is 0.434 e. The first-order chi connectivity index (χ1) is 5.00. The first kappa shape index (κ1) is 7.90. The molecular formula is C5H6F3N3. The third-order valence-corrected chi connectivity index (χ3v) is 1.07. The molecule has 0 radical (unpaired) electrons. The third-order valence-electron chi connectivity index (χ3n) is 1.07. The molecule has 6 heteroatoms. The van der Waals surface area contributed by atoms with Crippen molar-refractivity contribution in [1.82, 2.24) is 10.4 Å². The van der Waals surface area contributed by atoms with Crippen LogP contribution in [0.3, 0.4) is 0 Å². The van der Waals surface area contributed by atoms with E-state index in [0.717, 1.165) is 12.5 Å². The van der Waals surface area contributed by atoms with Crippen molar-refractivity contribution in [1.29, 1.82) is 0 Å². The van der Waals surface area contributed by atoms with Crippen molar-refractivity contribution in [2.75, 3.05) is 7.05 Å². The third kappa shape index (κ3) is 1.86. The zero-order chi connectivity index (χ0) is 8.48. The van der Waals surface area contributed by atoms with Crippen LogP contribution in [0.2, 0.25) is 0 Å². The highest BCUT2D eigenvalue weighted by Gasteiger charge is 2.34. The molecule has 62 valence electrons. The minimum absolute atomic E-state index is 0.806. The van der Waals surface area contributed by atoms with Gasteiger partial charge in [-0.05, 0) is 0 Å². The maximum absolute atomic E-state index is 11.8.